The first-order chi connectivity index (χ1) is 7.93. The highest BCUT2D eigenvalue weighted by Crippen LogP contribution is 2.54. The summed E-state index contributed by atoms with van der Waals surface area (Å²) < 4.78 is 38.0. The molecule has 92 valence electrons. The van der Waals surface area contributed by atoms with E-state index in [2.05, 4.69) is 5.32 Å². The minimum Gasteiger partial charge on any atom is -0.385 e. The zero-order chi connectivity index (χ0) is 12.3. The first-order valence-corrected chi connectivity index (χ1v) is 5.65. The maximum Gasteiger partial charge on any atom is 0.416 e. The molecule has 0 bridgehead atoms. The molecule has 3 N–H and O–H groups in total. The number of alkyl halides is 3. The average Bonchev–Trinajstić information content (AvgIpc) is 2.88. The van der Waals surface area contributed by atoms with Crippen LogP contribution in [0.4, 0.5) is 18.9 Å². The number of fused-ring (bicyclic) bond motifs is 2. The van der Waals surface area contributed by atoms with Gasteiger partial charge in [-0.15, -0.1) is 0 Å². The van der Waals surface area contributed by atoms with Gasteiger partial charge in [-0.05, 0) is 36.6 Å². The third-order valence-electron chi connectivity index (χ3n) is 3.90. The first-order valence-electron chi connectivity index (χ1n) is 5.65. The van der Waals surface area contributed by atoms with Gasteiger partial charge in [-0.1, -0.05) is 0 Å². The third kappa shape index (κ3) is 1.52. The molecule has 1 spiro atoms. The fourth-order valence-corrected chi connectivity index (χ4v) is 2.77. The molecule has 2 atom stereocenters. The van der Waals surface area contributed by atoms with Crippen molar-refractivity contribution < 1.29 is 13.2 Å². The summed E-state index contributed by atoms with van der Waals surface area (Å²) in [4.78, 5) is 0. The Morgan fingerprint density at radius 1 is 1.35 bits per heavy atom. The minimum atomic E-state index is -4.29. The first kappa shape index (κ1) is 10.9. The van der Waals surface area contributed by atoms with Crippen LogP contribution in [0.3, 0.4) is 0 Å². The Bertz CT molecular complexity index is 469. The van der Waals surface area contributed by atoms with E-state index < -0.39 is 11.7 Å². The van der Waals surface area contributed by atoms with E-state index >= 15 is 0 Å². The Hall–Kier alpha value is -1.23. The topological polar surface area (TPSA) is 38.0 Å². The summed E-state index contributed by atoms with van der Waals surface area (Å²) in [6, 6.07) is 3.91. The molecule has 3 rings (SSSR count). The zero-order valence-corrected chi connectivity index (χ0v) is 9.14. The summed E-state index contributed by atoms with van der Waals surface area (Å²) in [5, 5.41) is 3.13. The minimum absolute atomic E-state index is 0.00633. The summed E-state index contributed by atoms with van der Waals surface area (Å²) in [6.07, 6.45) is -2.67. The molecule has 2 aliphatic rings. The van der Waals surface area contributed by atoms with E-state index in [1.807, 2.05) is 0 Å². The molecular weight excluding hydrogens is 229 g/mol. The van der Waals surface area contributed by atoms with Crippen LogP contribution in [0.15, 0.2) is 18.2 Å². The summed E-state index contributed by atoms with van der Waals surface area (Å²) in [5.41, 5.74) is 6.65. The number of hydrogen-bond acceptors (Lipinski definition) is 2. The highest BCUT2D eigenvalue weighted by molar-refractivity contribution is 5.61. The van der Waals surface area contributed by atoms with Gasteiger partial charge in [0.05, 0.1) is 5.56 Å². The van der Waals surface area contributed by atoms with Gasteiger partial charge >= 0.3 is 6.18 Å². The van der Waals surface area contributed by atoms with Crippen LogP contribution in [-0.2, 0) is 11.6 Å². The van der Waals surface area contributed by atoms with Crippen molar-refractivity contribution in [1.82, 2.24) is 0 Å². The van der Waals surface area contributed by atoms with E-state index in [4.69, 9.17) is 5.73 Å². The van der Waals surface area contributed by atoms with E-state index in [0.717, 1.165) is 36.7 Å². The van der Waals surface area contributed by atoms with Crippen molar-refractivity contribution in [3.8, 4) is 0 Å². The van der Waals surface area contributed by atoms with Gasteiger partial charge in [-0.3, -0.25) is 0 Å². The van der Waals surface area contributed by atoms with E-state index in [-0.39, 0.29) is 11.5 Å². The van der Waals surface area contributed by atoms with Gasteiger partial charge in [-0.25, -0.2) is 0 Å². The molecule has 5 heteroatoms. The molecule has 1 aromatic carbocycles. The van der Waals surface area contributed by atoms with Gasteiger partial charge in [0, 0.05) is 23.7 Å². The fraction of sp³-hybridized carbons (Fsp3) is 0.500. The number of hydrogen-bond donors (Lipinski definition) is 2. The van der Waals surface area contributed by atoms with Crippen LogP contribution in [0, 0.1) is 0 Å². The van der Waals surface area contributed by atoms with Gasteiger partial charge < -0.3 is 11.1 Å². The standard InChI is InChI=1S/C12H13F3N2/c13-12(14,15)7-1-2-9-8(5-7)11(3-4-17-9)6-10(11)16/h1-2,5,10,17H,3-4,6,16H2. The van der Waals surface area contributed by atoms with E-state index in [0.29, 0.717) is 0 Å². The Morgan fingerprint density at radius 2 is 2.06 bits per heavy atom. The van der Waals surface area contributed by atoms with E-state index in [1.54, 1.807) is 0 Å². The highest BCUT2D eigenvalue weighted by atomic mass is 19.4. The number of nitrogens with one attached hydrogen (secondary N) is 1. The van der Waals surface area contributed by atoms with E-state index in [9.17, 15) is 13.2 Å². The Labute approximate surface area is 97.0 Å². The summed E-state index contributed by atoms with van der Waals surface area (Å²) in [5.74, 6) is 0. The molecule has 0 saturated heterocycles. The Morgan fingerprint density at radius 3 is 2.65 bits per heavy atom. The second-order valence-electron chi connectivity index (χ2n) is 4.90. The molecule has 0 aromatic heterocycles. The smallest absolute Gasteiger partial charge is 0.385 e. The molecule has 17 heavy (non-hydrogen) atoms. The molecule has 0 radical (unpaired) electrons. The van der Waals surface area contributed by atoms with Crippen molar-refractivity contribution in [3.05, 3.63) is 29.3 Å². The molecule has 2 nitrogen and oxygen atoms in total. The van der Waals surface area contributed by atoms with Gasteiger partial charge in [0.1, 0.15) is 0 Å². The van der Waals surface area contributed by atoms with Gasteiger partial charge in [0.25, 0.3) is 0 Å². The number of anilines is 1. The lowest BCUT2D eigenvalue weighted by Crippen LogP contribution is -2.28. The lowest BCUT2D eigenvalue weighted by molar-refractivity contribution is -0.137. The monoisotopic (exact) mass is 242 g/mol. The zero-order valence-electron chi connectivity index (χ0n) is 9.14. The van der Waals surface area contributed by atoms with Crippen LogP contribution in [0.5, 0.6) is 0 Å². The number of nitrogens with two attached hydrogens (primary N) is 1. The molecule has 0 amide bonds. The predicted octanol–water partition coefficient (Wildman–Crippen LogP) is 2.49. The van der Waals surface area contributed by atoms with Crippen molar-refractivity contribution in [1.29, 1.82) is 0 Å². The van der Waals surface area contributed by atoms with Crippen molar-refractivity contribution >= 4 is 5.69 Å². The second kappa shape index (κ2) is 3.16. The van der Waals surface area contributed by atoms with Crippen molar-refractivity contribution in [2.24, 2.45) is 5.73 Å². The van der Waals surface area contributed by atoms with Crippen LogP contribution in [-0.4, -0.2) is 12.6 Å². The summed E-state index contributed by atoms with van der Waals surface area (Å²) >= 11 is 0. The maximum absolute atomic E-state index is 12.7. The third-order valence-corrected chi connectivity index (χ3v) is 3.90. The average molecular weight is 242 g/mol. The Kier molecular flexibility index (Phi) is 2.03. The summed E-state index contributed by atoms with van der Waals surface area (Å²) in [6.45, 7) is 0.784. The molecule has 1 aliphatic heterocycles. The van der Waals surface area contributed by atoms with Gasteiger partial charge in [0.2, 0.25) is 0 Å². The molecule has 1 aromatic rings. The lowest BCUT2D eigenvalue weighted by Gasteiger charge is -2.28. The highest BCUT2D eigenvalue weighted by Gasteiger charge is 2.55. The van der Waals surface area contributed by atoms with Crippen LogP contribution >= 0.6 is 0 Å². The van der Waals surface area contributed by atoms with Crippen LogP contribution < -0.4 is 11.1 Å². The molecule has 1 saturated carbocycles. The molecule has 1 aliphatic carbocycles. The predicted molar refractivity (Wildman–Crippen MR) is 58.8 cm³/mol. The van der Waals surface area contributed by atoms with E-state index in [1.165, 1.54) is 12.1 Å². The van der Waals surface area contributed by atoms with Crippen molar-refractivity contribution in [2.45, 2.75) is 30.5 Å². The van der Waals surface area contributed by atoms with Crippen molar-refractivity contribution in [3.63, 3.8) is 0 Å². The largest absolute Gasteiger partial charge is 0.416 e. The molecular formula is C12H13F3N2. The number of halogens is 3. The normalized spacial score (nSPS) is 30.9. The molecule has 1 heterocycles. The van der Waals surface area contributed by atoms with Crippen LogP contribution in [0.25, 0.3) is 0 Å². The maximum atomic E-state index is 12.7. The summed E-state index contributed by atoms with van der Waals surface area (Å²) in [7, 11) is 0. The lowest BCUT2D eigenvalue weighted by atomic mass is 9.86. The molecule has 2 unspecified atom stereocenters. The quantitative estimate of drug-likeness (QED) is 0.733. The Balaban J connectivity index is 2.09. The van der Waals surface area contributed by atoms with Gasteiger partial charge in [-0.2, -0.15) is 13.2 Å². The van der Waals surface area contributed by atoms with Crippen LogP contribution in [0.2, 0.25) is 0 Å². The number of benzene rings is 1. The fourth-order valence-electron chi connectivity index (χ4n) is 2.77. The second-order valence-corrected chi connectivity index (χ2v) is 4.90. The van der Waals surface area contributed by atoms with Crippen molar-refractivity contribution in [2.75, 3.05) is 11.9 Å². The van der Waals surface area contributed by atoms with Gasteiger partial charge in [0.15, 0.2) is 0 Å². The number of rotatable bonds is 0. The van der Waals surface area contributed by atoms with Crippen LogP contribution in [0.1, 0.15) is 24.0 Å². The SMILES string of the molecule is NC1CC12CCNc1ccc(C(F)(F)F)cc12. The molecule has 1 fully saturated rings.